The summed E-state index contributed by atoms with van der Waals surface area (Å²) in [6.07, 6.45) is 4.64. The summed E-state index contributed by atoms with van der Waals surface area (Å²) in [6, 6.07) is 11.7. The average Bonchev–Trinajstić information content (AvgIpc) is 3.01. The number of hydrogen-bond acceptors (Lipinski definition) is 3. The molecule has 1 fully saturated rings. The highest BCUT2D eigenvalue weighted by Gasteiger charge is 2.23. The summed E-state index contributed by atoms with van der Waals surface area (Å²) in [4.78, 5) is 15.6. The van der Waals surface area contributed by atoms with Crippen molar-refractivity contribution in [2.24, 2.45) is 0 Å². The van der Waals surface area contributed by atoms with Crippen LogP contribution in [0.15, 0.2) is 36.4 Å². The van der Waals surface area contributed by atoms with E-state index < -0.39 is 5.82 Å². The first-order valence-electron chi connectivity index (χ1n) is 10.7. The van der Waals surface area contributed by atoms with E-state index in [9.17, 15) is 13.6 Å². The molecular formula is C25H27F2N3O. The largest absolute Gasteiger partial charge is 0.325 e. The molecule has 0 bridgehead atoms. The molecule has 31 heavy (non-hydrogen) atoms. The van der Waals surface area contributed by atoms with E-state index in [1.165, 1.54) is 24.6 Å². The fourth-order valence-electron chi connectivity index (χ4n) is 3.82. The molecule has 0 spiro atoms. The highest BCUT2D eigenvalue weighted by atomic mass is 19.1. The van der Waals surface area contributed by atoms with Gasteiger partial charge in [0.05, 0.1) is 16.6 Å². The Bertz CT molecular complexity index is 1110. The molecular weight excluding hydrogens is 396 g/mol. The highest BCUT2D eigenvalue weighted by Crippen LogP contribution is 2.35. The maximum Gasteiger partial charge on any atom is 0.143 e. The number of imidazole rings is 1. The van der Waals surface area contributed by atoms with Crippen LogP contribution in [-0.2, 0) is 4.79 Å². The molecule has 6 heteroatoms. The van der Waals surface area contributed by atoms with E-state index in [1.54, 1.807) is 18.2 Å². The van der Waals surface area contributed by atoms with Crippen molar-refractivity contribution in [1.29, 1.82) is 5.26 Å². The molecule has 1 unspecified atom stereocenters. The van der Waals surface area contributed by atoms with Gasteiger partial charge in [-0.2, -0.15) is 5.26 Å². The minimum atomic E-state index is -0.488. The van der Waals surface area contributed by atoms with Crippen molar-refractivity contribution in [1.82, 2.24) is 9.55 Å². The van der Waals surface area contributed by atoms with Crippen molar-refractivity contribution in [3.63, 3.8) is 0 Å². The van der Waals surface area contributed by atoms with Crippen LogP contribution >= 0.6 is 0 Å². The van der Waals surface area contributed by atoms with E-state index in [0.717, 1.165) is 29.7 Å². The summed E-state index contributed by atoms with van der Waals surface area (Å²) in [6.45, 7) is 5.78. The smallest absolute Gasteiger partial charge is 0.143 e. The summed E-state index contributed by atoms with van der Waals surface area (Å²) in [5, 5.41) is 8.87. The van der Waals surface area contributed by atoms with Crippen LogP contribution < -0.4 is 0 Å². The SMILES string of the molecule is CCC(=O)CC(C)c1ccc(F)cc1.Cc1nc2cc(F)c(C#N)cc2n1C1CCC1. The molecule has 1 saturated carbocycles. The minimum absolute atomic E-state index is 0.0953. The Labute approximate surface area is 181 Å². The number of fused-ring (bicyclic) bond motifs is 1. The number of hydrogen-bond donors (Lipinski definition) is 0. The van der Waals surface area contributed by atoms with Crippen LogP contribution in [-0.4, -0.2) is 15.3 Å². The second-order valence-corrected chi connectivity index (χ2v) is 8.10. The topological polar surface area (TPSA) is 58.7 Å². The van der Waals surface area contributed by atoms with Crippen LogP contribution in [0.25, 0.3) is 11.0 Å². The summed E-state index contributed by atoms with van der Waals surface area (Å²) in [5.41, 5.74) is 2.64. The third-order valence-corrected chi connectivity index (χ3v) is 5.88. The van der Waals surface area contributed by atoms with Crippen LogP contribution in [0.3, 0.4) is 0 Å². The van der Waals surface area contributed by atoms with Crippen molar-refractivity contribution in [2.45, 2.75) is 64.8 Å². The first kappa shape index (κ1) is 22.6. The molecule has 0 N–H and O–H groups in total. The van der Waals surface area contributed by atoms with Gasteiger partial charge in [0.2, 0.25) is 0 Å². The molecule has 0 saturated heterocycles. The minimum Gasteiger partial charge on any atom is -0.325 e. The maximum absolute atomic E-state index is 13.5. The second kappa shape index (κ2) is 9.82. The summed E-state index contributed by atoms with van der Waals surface area (Å²) in [7, 11) is 0. The Morgan fingerprint density at radius 2 is 1.94 bits per heavy atom. The molecule has 3 aromatic rings. The number of nitrogens with zero attached hydrogens (tertiary/aromatic N) is 3. The quantitative estimate of drug-likeness (QED) is 0.478. The van der Waals surface area contributed by atoms with Crippen LogP contribution in [0.2, 0.25) is 0 Å². The van der Waals surface area contributed by atoms with Crippen LogP contribution in [0.4, 0.5) is 8.78 Å². The standard InChI is InChI=1S/C13H12FN3.C12H15FO/c1-8-16-12-6-11(14)9(7-15)5-13(12)17(8)10-3-2-4-10;1-3-12(14)8-9(2)10-4-6-11(13)7-5-10/h5-6,10H,2-4H2,1H3;4-7,9H,3,8H2,1-2H3. The van der Waals surface area contributed by atoms with Gasteiger partial charge in [0, 0.05) is 24.9 Å². The second-order valence-electron chi connectivity index (χ2n) is 8.10. The van der Waals surface area contributed by atoms with E-state index in [1.807, 2.05) is 26.8 Å². The number of carbonyl (C=O) groups is 1. The number of nitriles is 1. The third-order valence-electron chi connectivity index (χ3n) is 5.88. The highest BCUT2D eigenvalue weighted by molar-refractivity contribution is 5.79. The monoisotopic (exact) mass is 423 g/mol. The van der Waals surface area contributed by atoms with Gasteiger partial charge in [-0.3, -0.25) is 4.79 Å². The van der Waals surface area contributed by atoms with Crippen LogP contribution in [0.5, 0.6) is 0 Å². The maximum atomic E-state index is 13.5. The van der Waals surface area contributed by atoms with Gasteiger partial charge in [-0.25, -0.2) is 13.8 Å². The lowest BCUT2D eigenvalue weighted by molar-refractivity contribution is -0.119. The summed E-state index contributed by atoms with van der Waals surface area (Å²) in [5.74, 6) is 0.616. The lowest BCUT2D eigenvalue weighted by Gasteiger charge is -2.28. The van der Waals surface area contributed by atoms with E-state index in [0.29, 0.717) is 24.4 Å². The van der Waals surface area contributed by atoms with Gasteiger partial charge in [0.25, 0.3) is 0 Å². The fraction of sp³-hybridized carbons (Fsp3) is 0.400. The Morgan fingerprint density at radius 3 is 2.48 bits per heavy atom. The Kier molecular flexibility index (Phi) is 7.17. The average molecular weight is 424 g/mol. The zero-order valence-electron chi connectivity index (χ0n) is 18.2. The van der Waals surface area contributed by atoms with Crippen molar-refractivity contribution in [3.8, 4) is 6.07 Å². The first-order valence-corrected chi connectivity index (χ1v) is 10.7. The lowest BCUT2D eigenvalue weighted by Crippen LogP contribution is -2.18. The Morgan fingerprint density at radius 1 is 1.26 bits per heavy atom. The van der Waals surface area contributed by atoms with Crippen molar-refractivity contribution in [2.75, 3.05) is 0 Å². The number of rotatable bonds is 5. The predicted molar refractivity (Wildman–Crippen MR) is 117 cm³/mol. The van der Waals surface area contributed by atoms with Gasteiger partial charge < -0.3 is 4.57 Å². The number of aryl methyl sites for hydroxylation is 1. The van der Waals surface area contributed by atoms with Gasteiger partial charge in [-0.15, -0.1) is 0 Å². The van der Waals surface area contributed by atoms with E-state index >= 15 is 0 Å². The van der Waals surface area contributed by atoms with Gasteiger partial charge in [-0.05, 0) is 55.9 Å². The number of halogens is 2. The summed E-state index contributed by atoms with van der Waals surface area (Å²) < 4.78 is 28.2. The molecule has 1 aliphatic carbocycles. The van der Waals surface area contributed by atoms with Crippen molar-refractivity contribution < 1.29 is 13.6 Å². The fourth-order valence-corrected chi connectivity index (χ4v) is 3.82. The van der Waals surface area contributed by atoms with Crippen LogP contribution in [0, 0.1) is 29.9 Å². The lowest BCUT2D eigenvalue weighted by atomic mass is 9.92. The zero-order chi connectivity index (χ0) is 22.5. The molecule has 0 aliphatic heterocycles. The molecule has 2 aromatic carbocycles. The molecule has 1 atom stereocenters. The number of Topliss-reactive ketones (excluding diaryl/α,β-unsaturated/α-hetero) is 1. The normalized spacial score (nSPS) is 14.3. The number of carbonyl (C=O) groups excluding carboxylic acids is 1. The number of aromatic nitrogens is 2. The van der Waals surface area contributed by atoms with Gasteiger partial charge in [0.1, 0.15) is 29.3 Å². The Balaban J connectivity index is 0.000000180. The Hall–Kier alpha value is -3.07. The van der Waals surface area contributed by atoms with Crippen LogP contribution in [0.1, 0.15) is 74.9 Å². The van der Waals surface area contributed by atoms with Gasteiger partial charge in [0.15, 0.2) is 0 Å². The number of ketones is 1. The molecule has 1 aromatic heterocycles. The van der Waals surface area contributed by atoms with E-state index in [4.69, 9.17) is 5.26 Å². The van der Waals surface area contributed by atoms with E-state index in [2.05, 4.69) is 9.55 Å². The number of benzene rings is 2. The van der Waals surface area contributed by atoms with Crippen molar-refractivity contribution in [3.05, 3.63) is 65.0 Å². The molecule has 0 radical (unpaired) electrons. The first-order chi connectivity index (χ1) is 14.8. The predicted octanol–water partition coefficient (Wildman–Crippen LogP) is 6.38. The van der Waals surface area contributed by atoms with E-state index in [-0.39, 0.29) is 23.1 Å². The molecule has 4 nitrogen and oxygen atoms in total. The molecule has 0 amide bonds. The zero-order valence-corrected chi connectivity index (χ0v) is 18.2. The van der Waals surface area contributed by atoms with Gasteiger partial charge in [-0.1, -0.05) is 26.0 Å². The molecule has 4 rings (SSSR count). The molecule has 1 aliphatic rings. The summed E-state index contributed by atoms with van der Waals surface area (Å²) >= 11 is 0. The third kappa shape index (κ3) is 5.16. The van der Waals surface area contributed by atoms with Crippen molar-refractivity contribution >= 4 is 16.8 Å². The molecule has 162 valence electrons. The van der Waals surface area contributed by atoms with Gasteiger partial charge >= 0.3 is 0 Å². The molecule has 1 heterocycles.